The van der Waals surface area contributed by atoms with Crippen LogP contribution in [-0.4, -0.2) is 6.61 Å². The summed E-state index contributed by atoms with van der Waals surface area (Å²) in [6, 6.07) is 14.6. The molecule has 2 heteroatoms. The van der Waals surface area contributed by atoms with Gasteiger partial charge in [-0.2, -0.15) is 0 Å². The highest BCUT2D eigenvalue weighted by Crippen LogP contribution is 2.35. The van der Waals surface area contributed by atoms with E-state index in [2.05, 4.69) is 44.2 Å². The Kier molecular flexibility index (Phi) is 5.07. The predicted molar refractivity (Wildman–Crippen MR) is 98.3 cm³/mol. The smallest absolute Gasteiger partial charge is 0.122 e. The lowest BCUT2D eigenvalue weighted by atomic mass is 10.0. The van der Waals surface area contributed by atoms with Crippen molar-refractivity contribution in [2.75, 3.05) is 6.61 Å². The topological polar surface area (TPSA) is 9.23 Å². The molecule has 2 aromatic carbocycles. The third-order valence-electron chi connectivity index (χ3n) is 4.57. The maximum absolute atomic E-state index is 6.11. The summed E-state index contributed by atoms with van der Waals surface area (Å²) in [4.78, 5) is 0. The highest BCUT2D eigenvalue weighted by molar-refractivity contribution is 6.30. The molecule has 0 spiro atoms. The van der Waals surface area contributed by atoms with Crippen molar-refractivity contribution in [2.24, 2.45) is 0 Å². The van der Waals surface area contributed by atoms with Gasteiger partial charge in [0, 0.05) is 5.02 Å². The molecule has 23 heavy (non-hydrogen) atoms. The number of hydrogen-bond donors (Lipinski definition) is 0. The number of benzene rings is 2. The summed E-state index contributed by atoms with van der Waals surface area (Å²) in [7, 11) is 0. The summed E-state index contributed by atoms with van der Waals surface area (Å²) >= 11 is 6.00. The molecule has 0 N–H and O–H groups in total. The number of halogens is 1. The fourth-order valence-corrected chi connectivity index (χ4v) is 3.35. The minimum absolute atomic E-state index is 0.685. The van der Waals surface area contributed by atoms with Crippen LogP contribution in [0.25, 0.3) is 5.57 Å². The first kappa shape index (κ1) is 16.1. The van der Waals surface area contributed by atoms with Gasteiger partial charge in [-0.15, -0.1) is 0 Å². The van der Waals surface area contributed by atoms with Crippen molar-refractivity contribution in [1.29, 1.82) is 0 Å². The minimum Gasteiger partial charge on any atom is -0.489 e. The van der Waals surface area contributed by atoms with E-state index in [0.29, 0.717) is 6.61 Å². The minimum atomic E-state index is 0.685. The summed E-state index contributed by atoms with van der Waals surface area (Å²) in [5.41, 5.74) is 6.71. The maximum Gasteiger partial charge on any atom is 0.122 e. The van der Waals surface area contributed by atoms with Gasteiger partial charge in [-0.3, -0.25) is 0 Å². The van der Waals surface area contributed by atoms with Crippen LogP contribution in [0.15, 0.2) is 48.0 Å². The summed E-state index contributed by atoms with van der Waals surface area (Å²) in [6.07, 6.45) is 4.54. The monoisotopic (exact) mass is 326 g/mol. The SMILES string of the molecule is CCc1ccc(OCC2=C(c3ccc(Cl)cc3)CCC2)c(C)c1. The van der Waals surface area contributed by atoms with Gasteiger partial charge in [0.2, 0.25) is 0 Å². The molecule has 0 aliphatic heterocycles. The molecule has 0 atom stereocenters. The summed E-state index contributed by atoms with van der Waals surface area (Å²) in [6.45, 7) is 4.99. The van der Waals surface area contributed by atoms with Gasteiger partial charge in [0.25, 0.3) is 0 Å². The van der Waals surface area contributed by atoms with Crippen molar-refractivity contribution >= 4 is 17.2 Å². The average molecular weight is 327 g/mol. The average Bonchev–Trinajstić information content (AvgIpc) is 3.03. The lowest BCUT2D eigenvalue weighted by molar-refractivity contribution is 0.347. The molecule has 0 radical (unpaired) electrons. The molecule has 3 rings (SSSR count). The Balaban J connectivity index is 1.76. The van der Waals surface area contributed by atoms with Crippen molar-refractivity contribution in [3.8, 4) is 5.75 Å². The molecule has 0 bridgehead atoms. The van der Waals surface area contributed by atoms with Gasteiger partial charge >= 0.3 is 0 Å². The van der Waals surface area contributed by atoms with Gasteiger partial charge < -0.3 is 4.74 Å². The van der Waals surface area contributed by atoms with Gasteiger partial charge in [0.05, 0.1) is 0 Å². The Morgan fingerprint density at radius 1 is 1.04 bits per heavy atom. The van der Waals surface area contributed by atoms with Crippen LogP contribution < -0.4 is 4.74 Å². The largest absolute Gasteiger partial charge is 0.489 e. The van der Waals surface area contributed by atoms with Gasteiger partial charge in [0.1, 0.15) is 12.4 Å². The molecule has 0 aromatic heterocycles. The van der Waals surface area contributed by atoms with Crippen LogP contribution in [0.3, 0.4) is 0 Å². The van der Waals surface area contributed by atoms with Crippen LogP contribution in [0.1, 0.15) is 42.9 Å². The molecule has 120 valence electrons. The normalized spacial score (nSPS) is 14.4. The highest BCUT2D eigenvalue weighted by atomic mass is 35.5. The third-order valence-corrected chi connectivity index (χ3v) is 4.83. The maximum atomic E-state index is 6.11. The van der Waals surface area contributed by atoms with Crippen LogP contribution in [0, 0.1) is 6.92 Å². The Morgan fingerprint density at radius 2 is 1.83 bits per heavy atom. The zero-order valence-electron chi connectivity index (χ0n) is 13.9. The Morgan fingerprint density at radius 3 is 2.52 bits per heavy atom. The molecule has 0 unspecified atom stereocenters. The number of allylic oxidation sites excluding steroid dienone is 1. The van der Waals surface area contributed by atoms with E-state index in [1.54, 1.807) is 0 Å². The van der Waals surface area contributed by atoms with Crippen LogP contribution in [0.4, 0.5) is 0 Å². The van der Waals surface area contributed by atoms with Gasteiger partial charge in [-0.05, 0) is 78.6 Å². The van der Waals surface area contributed by atoms with E-state index in [9.17, 15) is 0 Å². The van der Waals surface area contributed by atoms with E-state index in [1.165, 1.54) is 34.3 Å². The quantitative estimate of drug-likeness (QED) is 0.633. The molecular formula is C21H23ClO. The van der Waals surface area contributed by atoms with Crippen molar-refractivity contribution in [2.45, 2.75) is 39.5 Å². The molecule has 2 aromatic rings. The molecule has 0 amide bonds. The van der Waals surface area contributed by atoms with Gasteiger partial charge in [0.15, 0.2) is 0 Å². The van der Waals surface area contributed by atoms with Gasteiger partial charge in [-0.25, -0.2) is 0 Å². The fraction of sp³-hybridized carbons (Fsp3) is 0.333. The molecule has 0 fully saturated rings. The Bertz CT molecular complexity index is 713. The Labute approximate surface area is 143 Å². The number of hydrogen-bond acceptors (Lipinski definition) is 1. The first-order valence-corrected chi connectivity index (χ1v) is 8.74. The molecule has 0 saturated heterocycles. The number of aryl methyl sites for hydroxylation is 2. The van der Waals surface area contributed by atoms with E-state index >= 15 is 0 Å². The summed E-state index contributed by atoms with van der Waals surface area (Å²) in [5, 5.41) is 0.789. The number of ether oxygens (including phenoxy) is 1. The second kappa shape index (κ2) is 7.23. The zero-order valence-corrected chi connectivity index (χ0v) is 14.6. The van der Waals surface area contributed by atoms with Crippen LogP contribution in [0.2, 0.25) is 5.02 Å². The van der Waals surface area contributed by atoms with Crippen LogP contribution >= 0.6 is 11.6 Å². The molecule has 1 nitrogen and oxygen atoms in total. The Hall–Kier alpha value is -1.73. The first-order valence-electron chi connectivity index (χ1n) is 8.36. The molecular weight excluding hydrogens is 304 g/mol. The molecule has 0 heterocycles. The second-order valence-electron chi connectivity index (χ2n) is 6.18. The molecule has 1 aliphatic rings. The van der Waals surface area contributed by atoms with Gasteiger partial charge in [-0.1, -0.05) is 42.8 Å². The standard InChI is InChI=1S/C21H23ClO/c1-3-16-7-12-21(15(2)13-16)23-14-18-5-4-6-20(18)17-8-10-19(22)11-9-17/h7-13H,3-6,14H2,1-2H3. The van der Waals surface area contributed by atoms with Crippen molar-refractivity contribution in [3.05, 3.63) is 69.8 Å². The molecule has 1 aliphatic carbocycles. The van der Waals surface area contributed by atoms with E-state index in [4.69, 9.17) is 16.3 Å². The lowest BCUT2D eigenvalue weighted by Crippen LogP contribution is -2.02. The fourth-order valence-electron chi connectivity index (χ4n) is 3.22. The van der Waals surface area contributed by atoms with Crippen molar-refractivity contribution in [1.82, 2.24) is 0 Å². The first-order chi connectivity index (χ1) is 11.2. The second-order valence-corrected chi connectivity index (χ2v) is 6.62. The summed E-state index contributed by atoms with van der Waals surface area (Å²) < 4.78 is 6.11. The third kappa shape index (κ3) is 3.79. The summed E-state index contributed by atoms with van der Waals surface area (Å²) in [5.74, 6) is 0.997. The van der Waals surface area contributed by atoms with Crippen molar-refractivity contribution < 1.29 is 4.74 Å². The van der Waals surface area contributed by atoms with Crippen molar-refractivity contribution in [3.63, 3.8) is 0 Å². The van der Waals surface area contributed by atoms with Crippen LogP contribution in [-0.2, 0) is 6.42 Å². The molecule has 0 saturated carbocycles. The van der Waals surface area contributed by atoms with E-state index < -0.39 is 0 Å². The predicted octanol–water partition coefficient (Wildman–Crippen LogP) is 6.23. The number of rotatable bonds is 5. The van der Waals surface area contributed by atoms with Crippen LogP contribution in [0.5, 0.6) is 5.75 Å². The highest BCUT2D eigenvalue weighted by Gasteiger charge is 2.17. The zero-order chi connectivity index (χ0) is 16.2. The van der Waals surface area contributed by atoms with E-state index in [-0.39, 0.29) is 0 Å². The van der Waals surface area contributed by atoms with E-state index in [1.807, 2.05) is 12.1 Å². The lowest BCUT2D eigenvalue weighted by Gasteiger charge is -2.13. The van der Waals surface area contributed by atoms with E-state index in [0.717, 1.165) is 30.0 Å².